The van der Waals surface area contributed by atoms with E-state index in [1.807, 2.05) is 36.4 Å². The zero-order chi connectivity index (χ0) is 82.5. The van der Waals surface area contributed by atoms with Gasteiger partial charge >= 0.3 is 11.9 Å². The van der Waals surface area contributed by atoms with E-state index in [0.29, 0.717) is 81.2 Å². The second-order valence-electron chi connectivity index (χ2n) is 24.5. The quantitative estimate of drug-likeness (QED) is 0.00901. The molecular formula is C70H81Cl3F2N27O13P. The van der Waals surface area contributed by atoms with Crippen molar-refractivity contribution >= 4 is 105 Å². The fraction of sp³-hybridized carbons (Fsp3) is 0.257. The first-order valence-corrected chi connectivity index (χ1v) is 36.2. The van der Waals surface area contributed by atoms with Gasteiger partial charge in [0.25, 0.3) is 24.0 Å². The molecule has 0 spiro atoms. The van der Waals surface area contributed by atoms with Crippen molar-refractivity contribution in [2.75, 3.05) is 50.5 Å². The summed E-state index contributed by atoms with van der Waals surface area (Å²) in [7, 11) is -0.491. The molecule has 0 amide bonds. The fourth-order valence-electron chi connectivity index (χ4n) is 10.9. The molecule has 0 radical (unpaired) electrons. The maximum atomic E-state index is 13.1. The smallest absolute Gasteiger partial charge is 0.358 e. The average molecular weight is 1680 g/mol. The Labute approximate surface area is 672 Å². The first kappa shape index (κ1) is 90.2. The van der Waals surface area contributed by atoms with Gasteiger partial charge in [-0.3, -0.25) is 44.0 Å². The van der Waals surface area contributed by atoms with Gasteiger partial charge in [-0.25, -0.2) is 28.9 Å². The standard InChI is InChI=1S/C19H18FN7O3.C13H12ClFN2O2.C12H12NO2P.2C6H7N5O.C6H9N3O2.C6H8N2O2.CH3ClN2.CH4.ClH/c1-10-7-22-27-16(10)18(28)26(19(21)24-27)8-15-23-17(25-30-15)12-6-14(29-9-12)11-2-4-13(20)5-3-11;14-6-12-16-13(17-19-12)9-5-11(18-7-9)8-1-3-10(15)4-2-8;13-15-16(14,11-7-3-1-4-8-11)12-9-5-2-6-10-12;2*1-3-2-8-11-4(3)5(12)9-6(7)10-11;1-4-3-8-9(7)5(4)6(10)11-2;1-4-3-7-8-5(4)6(9)10-2;2-1(3)4;;/h2-5,7,12,14H,6,8-9H2,1H3,(H2,21,24);1-4,9,11H,5-7H2;1-10H,13H2;2*2H,1H3,(H3,7,9,10,12);3H,7H2,1-2H3;3H,1-2H3,(H,7,8);(H3,3,4);1H4;1H/t12-,14+;9-,11+;;;;;;;;/m00......../s1. The molecule has 12 heterocycles. The van der Waals surface area contributed by atoms with Crippen LogP contribution >= 0.6 is 43.0 Å². The van der Waals surface area contributed by atoms with Crippen molar-refractivity contribution < 1.29 is 55.6 Å². The third kappa shape index (κ3) is 22.9. The van der Waals surface area contributed by atoms with Crippen LogP contribution in [0.1, 0.15) is 128 Å². The number of methoxy groups -OCH3 is 2. The van der Waals surface area contributed by atoms with Gasteiger partial charge in [0.1, 0.15) is 29.8 Å². The predicted octanol–water partition coefficient (Wildman–Crippen LogP) is 6.59. The van der Waals surface area contributed by atoms with Crippen LogP contribution in [0.15, 0.2) is 164 Å². The molecule has 2 fully saturated rings. The molecule has 2 aliphatic rings. The van der Waals surface area contributed by atoms with Gasteiger partial charge in [0.2, 0.25) is 29.6 Å². The first-order chi connectivity index (χ1) is 54.5. The van der Waals surface area contributed by atoms with E-state index in [4.69, 9.17) is 69.1 Å². The van der Waals surface area contributed by atoms with E-state index in [2.05, 4.69) is 103 Å². The van der Waals surface area contributed by atoms with Crippen LogP contribution in [-0.2, 0) is 40.6 Å². The SMILES string of the molecule is C.COC(=O)c1[nH]ncc1C.COC(=O)c1c(C)cnn1N.Cc1cnn2nc(N)[nH]c(=O)c12.Cc1cnn2nc(N)[nH]c(=O)c12.Cc1cnn2nc(N)n(Cc3nc([C@@H]4CO[C@@H](c5ccc(F)cc5)C4)no3)c(=O)c12.Cl.Fc1ccc([C@H]2C[C@H](c3noc(CCl)n3)CO2)cc1.N=C(N)Cl.NOP(=O)(c1ccccc1)c1ccccc1. The summed E-state index contributed by atoms with van der Waals surface area (Å²) in [5.74, 6) is 11.3. The summed E-state index contributed by atoms with van der Waals surface area (Å²) in [5, 5.41) is 48.1. The Morgan fingerprint density at radius 1 is 0.621 bits per heavy atom. The zero-order valence-corrected chi connectivity index (χ0v) is 65.3. The Hall–Kier alpha value is -13.0. The Kier molecular flexibility index (Phi) is 32.4. The van der Waals surface area contributed by atoms with Crippen LogP contribution in [-0.4, -0.2) is 144 Å². The maximum absolute atomic E-state index is 13.1. The van der Waals surface area contributed by atoms with Crippen molar-refractivity contribution in [1.29, 1.82) is 5.41 Å². The minimum atomic E-state index is -3.13. The normalized spacial score (nSPS) is 14.4. The number of fused-ring (bicyclic) bond motifs is 3. The average Bonchev–Trinajstić information content (AvgIpc) is 1.74. The van der Waals surface area contributed by atoms with Crippen molar-refractivity contribution in [3.05, 3.63) is 257 Å². The van der Waals surface area contributed by atoms with Crippen LogP contribution < -0.4 is 62.0 Å². The van der Waals surface area contributed by atoms with Crippen LogP contribution in [0.2, 0.25) is 0 Å². The number of alkyl halides is 1. The third-order valence-corrected chi connectivity index (χ3v) is 19.0. The second kappa shape index (κ2) is 41.7. The van der Waals surface area contributed by atoms with Crippen LogP contribution in [0.4, 0.5) is 26.6 Å². The van der Waals surface area contributed by atoms with Crippen molar-refractivity contribution in [2.24, 2.45) is 11.6 Å². The molecule has 0 saturated carbocycles. The van der Waals surface area contributed by atoms with E-state index in [9.17, 15) is 37.3 Å². The lowest BCUT2D eigenvalue weighted by atomic mass is 10.00. The summed E-state index contributed by atoms with van der Waals surface area (Å²) in [6, 6.07) is 30.5. The van der Waals surface area contributed by atoms with E-state index in [1.54, 1.807) is 108 Å². The number of halogens is 5. The molecule has 46 heteroatoms. The summed E-state index contributed by atoms with van der Waals surface area (Å²) in [5.41, 5.74) is 27.7. The molecule has 0 unspecified atom stereocenters. The molecule has 4 atom stereocenters. The molecule has 2 aliphatic heterocycles. The lowest BCUT2D eigenvalue weighted by molar-refractivity contribution is 0.0581. The number of ether oxygens (including phenoxy) is 4. The van der Waals surface area contributed by atoms with E-state index in [-0.39, 0.29) is 125 Å². The lowest BCUT2D eigenvalue weighted by Crippen LogP contribution is -2.28. The minimum absolute atomic E-state index is 0. The highest BCUT2D eigenvalue weighted by atomic mass is 35.5. The van der Waals surface area contributed by atoms with Gasteiger partial charge < -0.3 is 56.8 Å². The second-order valence-corrected chi connectivity index (χ2v) is 27.5. The van der Waals surface area contributed by atoms with Crippen molar-refractivity contribution in [1.82, 2.24) is 99.4 Å². The van der Waals surface area contributed by atoms with E-state index in [0.717, 1.165) is 39.0 Å². The molecule has 40 nitrogen and oxygen atoms in total. The van der Waals surface area contributed by atoms with Crippen molar-refractivity contribution in [2.45, 2.75) is 91.4 Å². The molecule has 0 aliphatic carbocycles. The van der Waals surface area contributed by atoms with Gasteiger partial charge in [-0.2, -0.15) is 40.3 Å². The number of rotatable bonds is 12. The Morgan fingerprint density at radius 3 is 1.44 bits per heavy atom. The number of hydrogen-bond acceptors (Lipinski definition) is 31. The predicted molar refractivity (Wildman–Crippen MR) is 424 cm³/mol. The van der Waals surface area contributed by atoms with Gasteiger partial charge in [-0.15, -0.1) is 53.2 Å². The number of amidine groups is 1. The van der Waals surface area contributed by atoms with Gasteiger partial charge in [-0.1, -0.05) is 78.4 Å². The number of hydrogen-bond donors (Lipinski definition) is 10. The van der Waals surface area contributed by atoms with Gasteiger partial charge in [-0.05, 0) is 119 Å². The summed E-state index contributed by atoms with van der Waals surface area (Å²) >= 11 is 10.3. The monoisotopic (exact) mass is 1680 g/mol. The Balaban J connectivity index is 0.000000192. The largest absolute Gasteiger partial charge is 0.464 e. The highest BCUT2D eigenvalue weighted by Gasteiger charge is 2.33. The zero-order valence-electron chi connectivity index (χ0n) is 62.1. The van der Waals surface area contributed by atoms with E-state index in [1.165, 1.54) is 63.1 Å². The van der Waals surface area contributed by atoms with Crippen molar-refractivity contribution in [3.8, 4) is 0 Å². The molecule has 16 rings (SSSR count). The molecule has 0 bridgehead atoms. The summed E-state index contributed by atoms with van der Waals surface area (Å²) < 4.78 is 79.1. The Morgan fingerprint density at radius 2 is 1.04 bits per heavy atom. The number of carbonyl (C=O) groups is 2. The van der Waals surface area contributed by atoms with Crippen LogP contribution in [0.5, 0.6) is 0 Å². The molecule has 16 N–H and O–H groups in total. The fourth-order valence-corrected chi connectivity index (χ4v) is 12.7. The molecule has 116 heavy (non-hydrogen) atoms. The number of benzene rings is 4. The molecule has 14 aromatic rings. The number of esters is 2. The van der Waals surface area contributed by atoms with E-state index < -0.39 is 13.3 Å². The van der Waals surface area contributed by atoms with Gasteiger partial charge in [0.15, 0.2) is 39.2 Å². The van der Waals surface area contributed by atoms with Crippen LogP contribution in [0.3, 0.4) is 0 Å². The lowest BCUT2D eigenvalue weighted by Gasteiger charge is -2.15. The molecular weight excluding hydrogens is 1600 g/mol. The highest BCUT2D eigenvalue weighted by Crippen LogP contribution is 2.42. The number of carbonyl (C=O) groups excluding carboxylic acids is 2. The number of aromatic nitrogens is 20. The number of H-pyrrole nitrogens is 3. The number of aryl methyl sites for hydroxylation is 5. The number of nitrogens with two attached hydrogens (primary N) is 6. The first-order valence-electron chi connectivity index (χ1n) is 33.7. The van der Waals surface area contributed by atoms with E-state index >= 15 is 0 Å². The number of aromatic amines is 3. The molecule has 2 saturated heterocycles. The van der Waals surface area contributed by atoms with Crippen LogP contribution in [0, 0.1) is 51.7 Å². The third-order valence-electron chi connectivity index (χ3n) is 16.5. The molecule has 10 aromatic heterocycles. The number of nitrogens with zero attached hydrogens (tertiary/aromatic N) is 17. The number of nitrogens with one attached hydrogen (secondary N) is 4. The summed E-state index contributed by atoms with van der Waals surface area (Å²) in [4.78, 5) is 71.4. The Bertz CT molecular complexity index is 5660. The molecule has 614 valence electrons. The topological polar surface area (TPSA) is 580 Å². The highest BCUT2D eigenvalue weighted by molar-refractivity contribution is 7.74. The van der Waals surface area contributed by atoms with Gasteiger partial charge in [0, 0.05) is 50.3 Å². The maximum Gasteiger partial charge on any atom is 0.358 e. The molecule has 4 aromatic carbocycles. The van der Waals surface area contributed by atoms with Gasteiger partial charge in [0.05, 0.1) is 70.6 Å². The number of nitrogen functional groups attached to an aromatic ring is 4. The van der Waals surface area contributed by atoms with Crippen molar-refractivity contribution in [3.63, 3.8) is 0 Å². The van der Waals surface area contributed by atoms with Crippen LogP contribution in [0.25, 0.3) is 16.6 Å². The summed E-state index contributed by atoms with van der Waals surface area (Å²) in [6.07, 6.45) is 8.96. The summed E-state index contributed by atoms with van der Waals surface area (Å²) in [6.45, 7) is 9.83. The minimum Gasteiger partial charge on any atom is -0.464 e. The number of anilines is 3.